The molecule has 0 radical (unpaired) electrons. The molecule has 1 amide bonds. The third-order valence-corrected chi connectivity index (χ3v) is 6.19. The Kier molecular flexibility index (Phi) is 6.22. The fourth-order valence-corrected chi connectivity index (χ4v) is 4.43. The fraction of sp³-hybridized carbons (Fsp3) is 0.308. The van der Waals surface area contributed by atoms with Gasteiger partial charge in [0.15, 0.2) is 0 Å². The van der Waals surface area contributed by atoms with E-state index in [1.54, 1.807) is 13.4 Å². The van der Waals surface area contributed by atoms with E-state index in [-0.39, 0.29) is 11.9 Å². The largest absolute Gasteiger partial charge is 0.494 e. The molecule has 4 aromatic rings. The highest BCUT2D eigenvalue weighted by atomic mass is 16.5. The first-order valence-electron chi connectivity index (χ1n) is 11.5. The van der Waals surface area contributed by atoms with E-state index in [4.69, 9.17) is 14.6 Å². The molecule has 1 saturated heterocycles. The zero-order valence-electron chi connectivity index (χ0n) is 19.3. The maximum absolute atomic E-state index is 12.1. The van der Waals surface area contributed by atoms with Crippen molar-refractivity contribution in [1.82, 2.24) is 19.7 Å². The molecule has 0 atom stereocenters. The molecule has 5 rings (SSSR count). The van der Waals surface area contributed by atoms with Crippen LogP contribution in [0.5, 0.6) is 5.75 Å². The van der Waals surface area contributed by atoms with Gasteiger partial charge in [-0.1, -0.05) is 37.3 Å². The van der Waals surface area contributed by atoms with E-state index in [1.807, 2.05) is 43.5 Å². The van der Waals surface area contributed by atoms with Gasteiger partial charge in [0.05, 0.1) is 41.9 Å². The summed E-state index contributed by atoms with van der Waals surface area (Å²) >= 11 is 0. The third-order valence-electron chi connectivity index (χ3n) is 6.19. The number of hydrogen-bond acceptors (Lipinski definition) is 6. The second-order valence-corrected chi connectivity index (χ2v) is 8.25. The van der Waals surface area contributed by atoms with Gasteiger partial charge in [0.25, 0.3) is 0 Å². The van der Waals surface area contributed by atoms with Crippen LogP contribution in [0.3, 0.4) is 0 Å². The molecule has 0 spiro atoms. The van der Waals surface area contributed by atoms with Crippen molar-refractivity contribution in [2.75, 3.05) is 25.6 Å². The van der Waals surface area contributed by atoms with Crippen molar-refractivity contribution < 1.29 is 14.3 Å². The number of ether oxygens (including phenoxy) is 2. The van der Waals surface area contributed by atoms with Crippen LogP contribution in [-0.4, -0.2) is 46.0 Å². The van der Waals surface area contributed by atoms with Crippen LogP contribution < -0.4 is 10.1 Å². The molecule has 8 heteroatoms. The first-order chi connectivity index (χ1) is 16.7. The van der Waals surface area contributed by atoms with E-state index in [0.717, 1.165) is 59.5 Å². The van der Waals surface area contributed by atoms with Gasteiger partial charge in [-0.25, -0.2) is 9.97 Å². The predicted molar refractivity (Wildman–Crippen MR) is 131 cm³/mol. The maximum Gasteiger partial charge on any atom is 0.224 e. The normalized spacial score (nSPS) is 14.3. The number of carbonyl (C=O) groups is 1. The number of nitrogens with one attached hydrogen (secondary N) is 1. The number of carbonyl (C=O) groups excluding carboxylic acids is 1. The molecule has 0 bridgehead atoms. The lowest BCUT2D eigenvalue weighted by Gasteiger charge is -2.24. The zero-order valence-corrected chi connectivity index (χ0v) is 19.3. The second-order valence-electron chi connectivity index (χ2n) is 8.25. The standard InChI is InChI=1S/C26H27N5O3/c1-3-24(32)30-22-13-19-21(14-23(22)33-2)27-16-28-25(19)20-15-29-31(18-9-11-34-12-10-18)26(20)17-7-5-4-6-8-17/h4-8,13-16,18H,3,9-12H2,1-2H3,(H,30,32). The molecule has 2 aromatic carbocycles. The van der Waals surface area contributed by atoms with Crippen LogP contribution in [0.25, 0.3) is 33.4 Å². The van der Waals surface area contributed by atoms with Gasteiger partial charge in [0, 0.05) is 42.2 Å². The Morgan fingerprint density at radius 1 is 1.18 bits per heavy atom. The summed E-state index contributed by atoms with van der Waals surface area (Å²) in [6.45, 7) is 3.27. The zero-order chi connectivity index (χ0) is 23.5. The Morgan fingerprint density at radius 2 is 1.97 bits per heavy atom. The summed E-state index contributed by atoms with van der Waals surface area (Å²) in [6, 6.07) is 14.2. The highest BCUT2D eigenvalue weighted by molar-refractivity contribution is 6.01. The van der Waals surface area contributed by atoms with Crippen LogP contribution in [0.2, 0.25) is 0 Å². The minimum atomic E-state index is -0.0895. The molecule has 1 aliphatic rings. The van der Waals surface area contributed by atoms with Gasteiger partial charge in [-0.15, -0.1) is 0 Å². The molecule has 2 aromatic heterocycles. The molecule has 1 N–H and O–H groups in total. The molecular weight excluding hydrogens is 430 g/mol. The first kappa shape index (κ1) is 22.0. The summed E-state index contributed by atoms with van der Waals surface area (Å²) in [6.07, 6.45) is 5.64. The molecule has 34 heavy (non-hydrogen) atoms. The van der Waals surface area contributed by atoms with Crippen molar-refractivity contribution in [3.63, 3.8) is 0 Å². The second kappa shape index (κ2) is 9.61. The van der Waals surface area contributed by atoms with Gasteiger partial charge in [-0.2, -0.15) is 5.10 Å². The van der Waals surface area contributed by atoms with Crippen molar-refractivity contribution >= 4 is 22.5 Å². The number of rotatable bonds is 6. The summed E-state index contributed by atoms with van der Waals surface area (Å²) in [5.74, 6) is 0.466. The van der Waals surface area contributed by atoms with Crippen molar-refractivity contribution in [2.24, 2.45) is 0 Å². The highest BCUT2D eigenvalue weighted by Gasteiger charge is 2.25. The Bertz CT molecular complexity index is 1310. The van der Waals surface area contributed by atoms with Crippen molar-refractivity contribution in [2.45, 2.75) is 32.2 Å². The number of aromatic nitrogens is 4. The minimum absolute atomic E-state index is 0.0895. The minimum Gasteiger partial charge on any atom is -0.494 e. The lowest BCUT2D eigenvalue weighted by molar-refractivity contribution is -0.115. The number of methoxy groups -OCH3 is 1. The van der Waals surface area contributed by atoms with Crippen molar-refractivity contribution in [3.05, 3.63) is 55.0 Å². The summed E-state index contributed by atoms with van der Waals surface area (Å²) in [7, 11) is 1.58. The average molecular weight is 458 g/mol. The Balaban J connectivity index is 1.71. The quantitative estimate of drug-likeness (QED) is 0.444. The molecule has 8 nitrogen and oxygen atoms in total. The Morgan fingerprint density at radius 3 is 2.71 bits per heavy atom. The van der Waals surface area contributed by atoms with E-state index in [0.29, 0.717) is 17.9 Å². The van der Waals surface area contributed by atoms with Crippen LogP contribution in [0.1, 0.15) is 32.2 Å². The molecule has 0 saturated carbocycles. The number of benzene rings is 2. The summed E-state index contributed by atoms with van der Waals surface area (Å²) in [4.78, 5) is 21.3. The van der Waals surface area contributed by atoms with E-state index < -0.39 is 0 Å². The van der Waals surface area contributed by atoms with E-state index in [2.05, 4.69) is 32.1 Å². The molecule has 0 aliphatic carbocycles. The average Bonchev–Trinajstić information content (AvgIpc) is 3.34. The van der Waals surface area contributed by atoms with E-state index in [1.165, 1.54) is 0 Å². The van der Waals surface area contributed by atoms with Gasteiger partial charge in [-0.3, -0.25) is 9.48 Å². The molecule has 0 unspecified atom stereocenters. The highest BCUT2D eigenvalue weighted by Crippen LogP contribution is 2.39. The molecule has 174 valence electrons. The van der Waals surface area contributed by atoms with Crippen LogP contribution in [0.15, 0.2) is 55.0 Å². The molecule has 1 fully saturated rings. The van der Waals surface area contributed by atoms with Gasteiger partial charge >= 0.3 is 0 Å². The number of nitrogens with zero attached hydrogens (tertiary/aromatic N) is 4. The fourth-order valence-electron chi connectivity index (χ4n) is 4.43. The van der Waals surface area contributed by atoms with Gasteiger partial charge in [-0.05, 0) is 18.9 Å². The molecule has 3 heterocycles. The van der Waals surface area contributed by atoms with Gasteiger partial charge < -0.3 is 14.8 Å². The molecule has 1 aliphatic heterocycles. The van der Waals surface area contributed by atoms with E-state index >= 15 is 0 Å². The Hall–Kier alpha value is -3.78. The predicted octanol–water partition coefficient (Wildman–Crippen LogP) is 4.87. The monoisotopic (exact) mass is 457 g/mol. The van der Waals surface area contributed by atoms with Crippen LogP contribution in [-0.2, 0) is 9.53 Å². The van der Waals surface area contributed by atoms with Gasteiger partial charge in [0.2, 0.25) is 5.91 Å². The summed E-state index contributed by atoms with van der Waals surface area (Å²) < 4.78 is 13.2. The number of hydrogen-bond donors (Lipinski definition) is 1. The van der Waals surface area contributed by atoms with Crippen LogP contribution in [0.4, 0.5) is 5.69 Å². The number of amides is 1. The number of fused-ring (bicyclic) bond motifs is 1. The maximum atomic E-state index is 12.1. The smallest absolute Gasteiger partial charge is 0.224 e. The summed E-state index contributed by atoms with van der Waals surface area (Å²) in [5, 5.41) is 8.57. The number of anilines is 1. The first-order valence-corrected chi connectivity index (χ1v) is 11.5. The third kappa shape index (κ3) is 4.12. The Labute approximate surface area is 197 Å². The van der Waals surface area contributed by atoms with Gasteiger partial charge in [0.1, 0.15) is 12.1 Å². The topological polar surface area (TPSA) is 91.2 Å². The molecular formula is C26H27N5O3. The SMILES string of the molecule is CCC(=O)Nc1cc2c(-c3cnn(C4CCOCC4)c3-c3ccccc3)ncnc2cc1OC. The van der Waals surface area contributed by atoms with Crippen molar-refractivity contribution in [3.8, 4) is 28.3 Å². The van der Waals surface area contributed by atoms with Crippen molar-refractivity contribution in [1.29, 1.82) is 0 Å². The van der Waals surface area contributed by atoms with Crippen LogP contribution >= 0.6 is 0 Å². The lowest BCUT2D eigenvalue weighted by Crippen LogP contribution is -2.21. The summed E-state index contributed by atoms with van der Waals surface area (Å²) in [5.41, 5.74) is 5.09. The van der Waals surface area contributed by atoms with Crippen LogP contribution in [0, 0.1) is 0 Å². The lowest BCUT2D eigenvalue weighted by atomic mass is 10.0. The van der Waals surface area contributed by atoms with E-state index in [9.17, 15) is 4.79 Å².